The van der Waals surface area contributed by atoms with Crippen LogP contribution in [-0.2, 0) is 11.3 Å². The molecule has 2 aromatic carbocycles. The molecule has 140 valence electrons. The number of carbonyl (C=O) groups excluding carboxylic acids is 1. The van der Waals surface area contributed by atoms with E-state index in [0.717, 1.165) is 35.4 Å². The van der Waals surface area contributed by atoms with Crippen LogP contribution in [0.15, 0.2) is 54.9 Å². The number of ether oxygens (including phenoxy) is 1. The molecule has 1 saturated heterocycles. The summed E-state index contributed by atoms with van der Waals surface area (Å²) in [4.78, 5) is 19.4. The van der Waals surface area contributed by atoms with Gasteiger partial charge in [-0.2, -0.15) is 0 Å². The van der Waals surface area contributed by atoms with Gasteiger partial charge in [-0.3, -0.25) is 4.79 Å². The number of hydrogen-bond acceptors (Lipinski definition) is 4. The van der Waals surface area contributed by atoms with Crippen molar-refractivity contribution in [3.63, 3.8) is 0 Å². The van der Waals surface area contributed by atoms with Gasteiger partial charge in [-0.25, -0.2) is 4.98 Å². The zero-order chi connectivity index (χ0) is 18.6. The molecule has 0 radical (unpaired) electrons. The molecule has 1 N–H and O–H groups in total. The van der Waals surface area contributed by atoms with E-state index in [1.54, 1.807) is 7.11 Å². The molecule has 6 heteroatoms. The van der Waals surface area contributed by atoms with Crippen molar-refractivity contribution in [2.24, 2.45) is 0 Å². The van der Waals surface area contributed by atoms with Crippen molar-refractivity contribution >= 4 is 16.9 Å². The largest absolute Gasteiger partial charge is 0.496 e. The Kier molecular flexibility index (Phi) is 5.07. The number of methoxy groups -OCH3 is 1. The average Bonchev–Trinajstić information content (AvgIpc) is 3.15. The molecule has 4 rings (SSSR count). The van der Waals surface area contributed by atoms with Crippen molar-refractivity contribution in [1.82, 2.24) is 19.8 Å². The lowest BCUT2D eigenvalue weighted by Gasteiger charge is -2.37. The molecule has 2 heterocycles. The van der Waals surface area contributed by atoms with Gasteiger partial charge < -0.3 is 19.5 Å². The maximum Gasteiger partial charge on any atom is 0.224 e. The molecule has 27 heavy (non-hydrogen) atoms. The zero-order valence-corrected chi connectivity index (χ0v) is 15.5. The van der Waals surface area contributed by atoms with Crippen LogP contribution in [0.3, 0.4) is 0 Å². The first kappa shape index (κ1) is 17.5. The maximum atomic E-state index is 13.0. The second-order valence-electron chi connectivity index (χ2n) is 6.73. The molecule has 1 fully saturated rings. The summed E-state index contributed by atoms with van der Waals surface area (Å²) in [5, 5.41) is 3.40. The maximum absolute atomic E-state index is 13.0. The van der Waals surface area contributed by atoms with Crippen molar-refractivity contribution in [3.8, 4) is 5.75 Å². The van der Waals surface area contributed by atoms with Gasteiger partial charge in [-0.15, -0.1) is 0 Å². The number of aryl methyl sites for hydroxylation is 1. The minimum Gasteiger partial charge on any atom is -0.496 e. The molecule has 1 aliphatic heterocycles. The van der Waals surface area contributed by atoms with Crippen LogP contribution in [0.1, 0.15) is 18.0 Å². The second kappa shape index (κ2) is 7.80. The van der Waals surface area contributed by atoms with Gasteiger partial charge in [0.2, 0.25) is 5.91 Å². The molecular weight excluding hydrogens is 340 g/mol. The summed E-state index contributed by atoms with van der Waals surface area (Å²) in [6.07, 6.45) is 2.26. The summed E-state index contributed by atoms with van der Waals surface area (Å²) in [6, 6.07) is 15.9. The first-order valence-electron chi connectivity index (χ1n) is 9.31. The van der Waals surface area contributed by atoms with Crippen LogP contribution in [0, 0.1) is 0 Å². The Bertz CT molecular complexity index is 937. The minimum absolute atomic E-state index is 0.0121. The Morgan fingerprint density at radius 2 is 2.04 bits per heavy atom. The summed E-state index contributed by atoms with van der Waals surface area (Å²) >= 11 is 0. The predicted molar refractivity (Wildman–Crippen MR) is 105 cm³/mol. The van der Waals surface area contributed by atoms with E-state index in [4.69, 9.17) is 4.74 Å². The van der Waals surface area contributed by atoms with E-state index in [0.29, 0.717) is 19.5 Å². The summed E-state index contributed by atoms with van der Waals surface area (Å²) in [6.45, 7) is 2.87. The number of nitrogens with one attached hydrogen (secondary N) is 1. The van der Waals surface area contributed by atoms with Crippen molar-refractivity contribution < 1.29 is 9.53 Å². The van der Waals surface area contributed by atoms with E-state index in [1.165, 1.54) is 0 Å². The molecule has 3 aromatic rings. The highest BCUT2D eigenvalue weighted by atomic mass is 16.5. The quantitative estimate of drug-likeness (QED) is 0.756. The number of para-hydroxylation sites is 3. The van der Waals surface area contributed by atoms with E-state index in [1.807, 2.05) is 64.3 Å². The highest BCUT2D eigenvalue weighted by Crippen LogP contribution is 2.30. The number of benzene rings is 2. The SMILES string of the molecule is COc1ccccc1C1CNCCN1C(=O)CCn1cnc2ccccc21. The summed E-state index contributed by atoms with van der Waals surface area (Å²) in [7, 11) is 1.67. The second-order valence-corrected chi connectivity index (χ2v) is 6.73. The topological polar surface area (TPSA) is 59.4 Å². The van der Waals surface area contributed by atoms with Gasteiger partial charge in [0.05, 0.1) is 30.5 Å². The van der Waals surface area contributed by atoms with Gasteiger partial charge in [-0.05, 0) is 18.2 Å². The molecule has 1 aliphatic rings. The Hall–Kier alpha value is -2.86. The van der Waals surface area contributed by atoms with Gasteiger partial charge in [0.15, 0.2) is 0 Å². The van der Waals surface area contributed by atoms with Crippen LogP contribution >= 0.6 is 0 Å². The first-order chi connectivity index (χ1) is 13.3. The fourth-order valence-corrected chi connectivity index (χ4v) is 3.77. The highest BCUT2D eigenvalue weighted by Gasteiger charge is 2.29. The van der Waals surface area contributed by atoms with E-state index < -0.39 is 0 Å². The Labute approximate surface area is 158 Å². The van der Waals surface area contributed by atoms with Crippen molar-refractivity contribution in [1.29, 1.82) is 0 Å². The lowest BCUT2D eigenvalue weighted by molar-refractivity contribution is -0.134. The molecular formula is C21H24N4O2. The number of hydrogen-bond donors (Lipinski definition) is 1. The normalized spacial score (nSPS) is 17.2. The zero-order valence-electron chi connectivity index (χ0n) is 15.5. The number of imidazole rings is 1. The number of carbonyl (C=O) groups is 1. The van der Waals surface area contributed by atoms with Gasteiger partial charge in [0, 0.05) is 38.2 Å². The van der Waals surface area contributed by atoms with Gasteiger partial charge in [0.25, 0.3) is 0 Å². The first-order valence-corrected chi connectivity index (χ1v) is 9.31. The highest BCUT2D eigenvalue weighted by molar-refractivity contribution is 5.78. The van der Waals surface area contributed by atoms with E-state index in [2.05, 4.69) is 10.3 Å². The fraction of sp³-hybridized carbons (Fsp3) is 0.333. The van der Waals surface area contributed by atoms with Crippen molar-refractivity contribution in [2.75, 3.05) is 26.7 Å². The minimum atomic E-state index is -0.0121. The summed E-state index contributed by atoms with van der Waals surface area (Å²) < 4.78 is 7.56. The number of piperazine rings is 1. The summed E-state index contributed by atoms with van der Waals surface area (Å²) in [5.74, 6) is 0.981. The smallest absolute Gasteiger partial charge is 0.224 e. The standard InChI is InChI=1S/C21H24N4O2/c1-27-20-9-5-2-6-16(20)19-14-22-11-13-25(19)21(26)10-12-24-15-23-17-7-3-4-8-18(17)24/h2-9,15,19,22H,10-14H2,1H3. The number of rotatable bonds is 5. The average molecular weight is 364 g/mol. The number of aromatic nitrogens is 2. The van der Waals surface area contributed by atoms with Crippen LogP contribution in [-0.4, -0.2) is 47.1 Å². The molecule has 0 bridgehead atoms. The molecule has 0 spiro atoms. The third kappa shape index (κ3) is 3.53. The van der Waals surface area contributed by atoms with Gasteiger partial charge >= 0.3 is 0 Å². The molecule has 1 unspecified atom stereocenters. The Balaban J connectivity index is 1.51. The monoisotopic (exact) mass is 364 g/mol. The van der Waals surface area contributed by atoms with Crippen LogP contribution in [0.2, 0.25) is 0 Å². The lowest BCUT2D eigenvalue weighted by atomic mass is 10.0. The lowest BCUT2D eigenvalue weighted by Crippen LogP contribution is -2.48. The van der Waals surface area contributed by atoms with E-state index in [-0.39, 0.29) is 11.9 Å². The van der Waals surface area contributed by atoms with Crippen molar-refractivity contribution in [2.45, 2.75) is 19.0 Å². The molecule has 0 aliphatic carbocycles. The third-order valence-electron chi connectivity index (χ3n) is 5.16. The molecule has 1 atom stereocenters. The number of fused-ring (bicyclic) bond motifs is 1. The van der Waals surface area contributed by atoms with Crippen LogP contribution in [0.5, 0.6) is 5.75 Å². The third-order valence-corrected chi connectivity index (χ3v) is 5.16. The van der Waals surface area contributed by atoms with E-state index >= 15 is 0 Å². The summed E-state index contributed by atoms with van der Waals surface area (Å²) in [5.41, 5.74) is 3.07. The van der Waals surface area contributed by atoms with Crippen LogP contribution < -0.4 is 10.1 Å². The van der Waals surface area contributed by atoms with Gasteiger partial charge in [0.1, 0.15) is 5.75 Å². The number of nitrogens with zero attached hydrogens (tertiary/aromatic N) is 3. The van der Waals surface area contributed by atoms with E-state index in [9.17, 15) is 4.79 Å². The Morgan fingerprint density at radius 3 is 2.93 bits per heavy atom. The Morgan fingerprint density at radius 1 is 1.22 bits per heavy atom. The molecule has 6 nitrogen and oxygen atoms in total. The van der Waals surface area contributed by atoms with Crippen molar-refractivity contribution in [3.05, 3.63) is 60.4 Å². The fourth-order valence-electron chi connectivity index (χ4n) is 3.77. The van der Waals surface area contributed by atoms with Gasteiger partial charge in [-0.1, -0.05) is 30.3 Å². The molecule has 1 aromatic heterocycles. The van der Waals surface area contributed by atoms with Crippen LogP contribution in [0.25, 0.3) is 11.0 Å². The number of amides is 1. The predicted octanol–water partition coefficient (Wildman–Crippen LogP) is 2.61. The molecule has 0 saturated carbocycles. The van der Waals surface area contributed by atoms with Crippen LogP contribution in [0.4, 0.5) is 0 Å². The molecule has 1 amide bonds.